The van der Waals surface area contributed by atoms with Gasteiger partial charge in [0.05, 0.1) is 42.6 Å². The van der Waals surface area contributed by atoms with Gasteiger partial charge in [-0.05, 0) is 61.0 Å². The van der Waals surface area contributed by atoms with Crippen LogP contribution in [0.25, 0.3) is 22.7 Å². The van der Waals surface area contributed by atoms with Gasteiger partial charge in [0, 0.05) is 10.6 Å². The highest BCUT2D eigenvalue weighted by atomic mass is 35.5. The molecule has 1 atom stereocenters. The van der Waals surface area contributed by atoms with Crippen molar-refractivity contribution in [1.29, 1.82) is 0 Å². The van der Waals surface area contributed by atoms with E-state index in [1.54, 1.807) is 25.1 Å². The molecule has 0 amide bonds. The summed E-state index contributed by atoms with van der Waals surface area (Å²) in [4.78, 5) is 9.63. The Hall–Kier alpha value is -4.89. The lowest BCUT2D eigenvalue weighted by Crippen LogP contribution is -2.16. The van der Waals surface area contributed by atoms with Crippen molar-refractivity contribution in [3.63, 3.8) is 0 Å². The van der Waals surface area contributed by atoms with Crippen molar-refractivity contribution in [2.24, 2.45) is 0 Å². The van der Waals surface area contributed by atoms with E-state index < -0.39 is 0 Å². The molecule has 1 aliphatic heterocycles. The number of hydrogen-bond acceptors (Lipinski definition) is 7. The smallest absolute Gasteiger partial charge is 0.230 e. The van der Waals surface area contributed by atoms with Crippen LogP contribution in [-0.2, 0) is 0 Å². The Balaban J connectivity index is 1.49. The van der Waals surface area contributed by atoms with Gasteiger partial charge in [-0.3, -0.25) is 0 Å². The van der Waals surface area contributed by atoms with E-state index in [9.17, 15) is 0 Å². The molecular weight excluding hydrogens is 528 g/mol. The minimum absolute atomic E-state index is 0.325. The van der Waals surface area contributed by atoms with Crippen molar-refractivity contribution in [2.45, 2.75) is 12.8 Å². The zero-order valence-electron chi connectivity index (χ0n) is 21.9. The lowest BCUT2D eigenvalue weighted by molar-refractivity contribution is 0.354. The molecule has 0 bridgehead atoms. The molecule has 0 saturated carbocycles. The van der Waals surface area contributed by atoms with E-state index in [0.717, 1.165) is 33.6 Å². The summed E-state index contributed by atoms with van der Waals surface area (Å²) in [7, 11) is 3.25. The molecule has 1 aliphatic rings. The number of methoxy groups -OCH3 is 2. The highest BCUT2D eigenvalue weighted by molar-refractivity contribution is 6.30. The van der Waals surface area contributed by atoms with Crippen molar-refractivity contribution in [2.75, 3.05) is 14.2 Å². The van der Waals surface area contributed by atoms with Crippen LogP contribution in [0.2, 0.25) is 5.02 Å². The summed E-state index contributed by atoms with van der Waals surface area (Å²) in [6.45, 7) is 1.98. The van der Waals surface area contributed by atoms with Crippen molar-refractivity contribution in [1.82, 2.24) is 29.4 Å². The lowest BCUT2D eigenvalue weighted by atomic mass is 9.84. The highest BCUT2D eigenvalue weighted by Gasteiger charge is 2.38. The molecule has 9 nitrogen and oxygen atoms in total. The molecule has 3 aromatic carbocycles. The summed E-state index contributed by atoms with van der Waals surface area (Å²) >= 11 is 6.12. The summed E-state index contributed by atoms with van der Waals surface area (Å²) in [5.74, 6) is 2.53. The Morgan fingerprint density at radius 2 is 1.65 bits per heavy atom. The third-order valence-electron chi connectivity index (χ3n) is 7.06. The zero-order valence-corrected chi connectivity index (χ0v) is 22.6. The average molecular weight is 551 g/mol. The molecular formula is C30H23ClN6O3. The zero-order chi connectivity index (χ0) is 27.4. The largest absolute Gasteiger partial charge is 0.493 e. The summed E-state index contributed by atoms with van der Waals surface area (Å²) < 4.78 is 21.2. The Kier molecular flexibility index (Phi) is 5.67. The molecule has 0 radical (unpaired) electrons. The predicted molar refractivity (Wildman–Crippen MR) is 150 cm³/mol. The summed E-state index contributed by atoms with van der Waals surface area (Å²) in [6, 6.07) is 23.2. The first kappa shape index (κ1) is 24.2. The number of para-hydroxylation sites is 1. The Labute approximate surface area is 234 Å². The van der Waals surface area contributed by atoms with E-state index in [-0.39, 0.29) is 5.92 Å². The molecule has 198 valence electrons. The molecule has 0 unspecified atom stereocenters. The van der Waals surface area contributed by atoms with Gasteiger partial charge in [0.25, 0.3) is 0 Å². The van der Waals surface area contributed by atoms with Crippen LogP contribution in [0.4, 0.5) is 0 Å². The minimum atomic E-state index is -0.325. The molecule has 0 N–H and O–H groups in total. The first-order valence-corrected chi connectivity index (χ1v) is 13.0. The standard InChI is InChI=1S/C30H23ClN6O3/c1-17-24-25(19-11-14-22(38-2)23(15-19)39-3)26-28-33-27(18-9-12-20(31)13-10-18)35-36(28)16-32-29(26)40-30(24)37(34-17)21-7-5-4-6-8-21/h4-16,25H,1-3H3/t25-/m0/s1. The summed E-state index contributed by atoms with van der Waals surface area (Å²) in [5, 5.41) is 10.3. The van der Waals surface area contributed by atoms with Gasteiger partial charge < -0.3 is 14.2 Å². The first-order valence-electron chi connectivity index (χ1n) is 12.6. The topological polar surface area (TPSA) is 88.6 Å². The highest BCUT2D eigenvalue weighted by Crippen LogP contribution is 2.50. The van der Waals surface area contributed by atoms with Crippen molar-refractivity contribution in [3.8, 4) is 40.3 Å². The molecule has 10 heteroatoms. The van der Waals surface area contributed by atoms with Gasteiger partial charge in [-0.1, -0.05) is 35.9 Å². The van der Waals surface area contributed by atoms with Gasteiger partial charge in [0.1, 0.15) is 6.33 Å². The van der Waals surface area contributed by atoms with E-state index >= 15 is 0 Å². The normalized spacial score (nSPS) is 13.9. The fraction of sp³-hybridized carbons (Fsp3) is 0.133. The van der Waals surface area contributed by atoms with Crippen LogP contribution < -0.4 is 14.2 Å². The van der Waals surface area contributed by atoms with Crippen LogP contribution in [0.5, 0.6) is 23.3 Å². The third-order valence-corrected chi connectivity index (χ3v) is 7.32. The van der Waals surface area contributed by atoms with E-state index in [1.165, 1.54) is 0 Å². The maximum absolute atomic E-state index is 6.51. The maximum Gasteiger partial charge on any atom is 0.230 e. The fourth-order valence-corrected chi connectivity index (χ4v) is 5.34. The second-order valence-corrected chi connectivity index (χ2v) is 9.81. The number of aryl methyl sites for hydroxylation is 1. The lowest BCUT2D eigenvalue weighted by Gasteiger charge is -2.26. The fourth-order valence-electron chi connectivity index (χ4n) is 5.21. The quantitative estimate of drug-likeness (QED) is 0.250. The second kappa shape index (κ2) is 9.39. The Morgan fingerprint density at radius 1 is 0.875 bits per heavy atom. The Bertz CT molecular complexity index is 1880. The number of hydrogen-bond donors (Lipinski definition) is 0. The maximum atomic E-state index is 6.51. The molecule has 0 spiro atoms. The van der Waals surface area contributed by atoms with Crippen molar-refractivity contribution in [3.05, 3.63) is 107 Å². The minimum Gasteiger partial charge on any atom is -0.493 e. The Morgan fingerprint density at radius 3 is 2.40 bits per heavy atom. The molecule has 6 aromatic rings. The summed E-state index contributed by atoms with van der Waals surface area (Å²) in [5.41, 5.74) is 5.83. The van der Waals surface area contributed by atoms with Crippen LogP contribution in [-0.4, -0.2) is 43.6 Å². The van der Waals surface area contributed by atoms with Crippen LogP contribution in [0.1, 0.15) is 28.3 Å². The molecule has 4 heterocycles. The molecule has 3 aromatic heterocycles. The number of fused-ring (bicyclic) bond motifs is 4. The average Bonchev–Trinajstić information content (AvgIpc) is 3.58. The van der Waals surface area contributed by atoms with Crippen LogP contribution in [0.3, 0.4) is 0 Å². The van der Waals surface area contributed by atoms with E-state index in [4.69, 9.17) is 41.0 Å². The van der Waals surface area contributed by atoms with Gasteiger partial charge >= 0.3 is 0 Å². The van der Waals surface area contributed by atoms with Crippen LogP contribution >= 0.6 is 11.6 Å². The number of ether oxygens (including phenoxy) is 3. The van der Waals surface area contributed by atoms with Crippen molar-refractivity contribution >= 4 is 17.2 Å². The molecule has 0 fully saturated rings. The van der Waals surface area contributed by atoms with Crippen LogP contribution in [0.15, 0.2) is 79.1 Å². The van der Waals surface area contributed by atoms with Gasteiger partial charge in [-0.15, -0.1) is 5.10 Å². The first-order chi connectivity index (χ1) is 19.6. The molecule has 40 heavy (non-hydrogen) atoms. The predicted octanol–water partition coefficient (Wildman–Crippen LogP) is 6.24. The SMILES string of the molecule is COc1ccc([C@H]2c3c(C)nn(-c4ccccc4)c3Oc3ncn4nc(-c5ccc(Cl)cc5)nc4c32)cc1OC. The van der Waals surface area contributed by atoms with Crippen LogP contribution in [0, 0.1) is 6.92 Å². The van der Waals surface area contributed by atoms with Gasteiger partial charge in [0.15, 0.2) is 23.0 Å². The number of rotatable bonds is 5. The van der Waals surface area contributed by atoms with Gasteiger partial charge in [0.2, 0.25) is 11.8 Å². The number of benzene rings is 3. The summed E-state index contributed by atoms with van der Waals surface area (Å²) in [6.07, 6.45) is 1.62. The third kappa shape index (κ3) is 3.77. The van der Waals surface area contributed by atoms with E-state index in [0.29, 0.717) is 39.8 Å². The van der Waals surface area contributed by atoms with E-state index in [1.807, 2.05) is 84.4 Å². The molecule has 0 aliphatic carbocycles. The number of nitrogens with zero attached hydrogens (tertiary/aromatic N) is 6. The van der Waals surface area contributed by atoms with Crippen molar-refractivity contribution < 1.29 is 14.2 Å². The number of aromatic nitrogens is 6. The number of halogens is 1. The molecule has 0 saturated heterocycles. The molecule has 7 rings (SSSR count). The monoisotopic (exact) mass is 550 g/mol. The van der Waals surface area contributed by atoms with E-state index in [2.05, 4.69) is 4.98 Å². The van der Waals surface area contributed by atoms with Gasteiger partial charge in [-0.2, -0.15) is 5.10 Å². The second-order valence-electron chi connectivity index (χ2n) is 9.37. The van der Waals surface area contributed by atoms with Gasteiger partial charge in [-0.25, -0.2) is 19.2 Å².